The lowest BCUT2D eigenvalue weighted by molar-refractivity contribution is -0.147. The molecular weight excluding hydrogens is 468 g/mol. The van der Waals surface area contributed by atoms with E-state index in [1.807, 2.05) is 4.90 Å². The molecule has 2 atom stereocenters. The number of nitrogens with two attached hydrogens (primary N) is 1. The first-order valence-corrected chi connectivity index (χ1v) is 11.7. The van der Waals surface area contributed by atoms with Gasteiger partial charge in [-0.2, -0.15) is 0 Å². The Morgan fingerprint density at radius 3 is 2.24 bits per heavy atom. The summed E-state index contributed by atoms with van der Waals surface area (Å²) in [5.41, 5.74) is 7.67. The van der Waals surface area contributed by atoms with Crippen molar-refractivity contribution in [2.75, 3.05) is 36.4 Å². The lowest BCUT2D eigenvalue weighted by Gasteiger charge is -2.23. The second-order valence-electron chi connectivity index (χ2n) is 7.30. The highest BCUT2D eigenvalue weighted by Gasteiger charge is 2.25. The quantitative estimate of drug-likeness (QED) is 0.326. The lowest BCUT2D eigenvalue weighted by atomic mass is 10.0. The third-order valence-electron chi connectivity index (χ3n) is 4.86. The van der Waals surface area contributed by atoms with Crippen LogP contribution in [0.2, 0.25) is 0 Å². The first-order valence-electron chi connectivity index (χ1n) is 11.6. The monoisotopic (exact) mass is 499 g/mol. The number of esters is 1. The smallest absolute Gasteiger partial charge is 0.328 e. The Kier molecular flexibility index (Phi) is 10.1. The maximum Gasteiger partial charge on any atom is 0.328 e. The van der Waals surface area contributed by atoms with E-state index in [1.165, 1.54) is 24.3 Å². The number of amides is 1. The fourth-order valence-corrected chi connectivity index (χ4v) is 3.57. The number of benzene rings is 2. The Balaban J connectivity index is 2.15. The molecule has 6 nitrogen and oxygen atoms in total. The Morgan fingerprint density at radius 1 is 1.09 bits per heavy atom. The number of anilines is 1. The summed E-state index contributed by atoms with van der Waals surface area (Å²) in [5, 5.41) is 2.59. The van der Waals surface area contributed by atoms with Gasteiger partial charge >= 0.3 is 5.97 Å². The number of carbonyl (C=O) groups excluding carboxylic acids is 2. The van der Waals surface area contributed by atoms with Gasteiger partial charge in [0.15, 0.2) is 0 Å². The van der Waals surface area contributed by atoms with Crippen molar-refractivity contribution in [1.82, 2.24) is 5.32 Å². The summed E-state index contributed by atoms with van der Waals surface area (Å²) in [6.45, 7) is 2.80. The van der Waals surface area contributed by atoms with Crippen LogP contribution in [0.1, 0.15) is 20.8 Å². The molecule has 0 aliphatic rings. The van der Waals surface area contributed by atoms with Crippen molar-refractivity contribution < 1.29 is 21.5 Å². The molecule has 2 aromatic carbocycles. The molecule has 33 heavy (non-hydrogen) atoms. The minimum Gasteiger partial charge on any atom is -0.464 e. The summed E-state index contributed by atoms with van der Waals surface area (Å²) in [4.78, 5) is 27.1. The summed E-state index contributed by atoms with van der Waals surface area (Å²) in [5.74, 6) is -0.945. The Hall–Kier alpha value is -2.35. The van der Waals surface area contributed by atoms with Crippen molar-refractivity contribution in [3.63, 3.8) is 0 Å². The zero-order valence-electron chi connectivity index (χ0n) is 20.5. The number of nitrogens with zero attached hydrogens (tertiary/aromatic N) is 1. The Labute approximate surface area is 207 Å². The summed E-state index contributed by atoms with van der Waals surface area (Å²) < 4.78 is 35.0. The number of hydrogen-bond donors (Lipinski definition) is 2. The van der Waals surface area contributed by atoms with Gasteiger partial charge in [0.1, 0.15) is 11.9 Å². The summed E-state index contributed by atoms with van der Waals surface area (Å²) in [7, 11) is 0. The number of carbonyl (C=O) groups is 2. The summed E-state index contributed by atoms with van der Waals surface area (Å²) >= 11 is 11.7. The van der Waals surface area contributed by atoms with Gasteiger partial charge in [0.05, 0.1) is 15.4 Å². The van der Waals surface area contributed by atoms with E-state index in [2.05, 4.69) is 5.32 Å². The molecule has 0 bridgehead atoms. The predicted octanol–water partition coefficient (Wildman–Crippen LogP) is 3.27. The average molecular weight is 500 g/mol. The molecule has 0 spiro atoms. The highest BCUT2D eigenvalue weighted by Crippen LogP contribution is 2.16. The van der Waals surface area contributed by atoms with E-state index >= 15 is 0 Å². The third kappa shape index (κ3) is 8.84. The highest BCUT2D eigenvalue weighted by atomic mass is 35.5. The van der Waals surface area contributed by atoms with Gasteiger partial charge in [-0.1, -0.05) is 24.2 Å². The number of ether oxygens (including phenoxy) is 1. The molecule has 0 heterocycles. The molecule has 2 rings (SSSR count). The Morgan fingerprint density at radius 2 is 1.70 bits per heavy atom. The van der Waals surface area contributed by atoms with E-state index in [0.29, 0.717) is 41.7 Å². The van der Waals surface area contributed by atoms with Crippen LogP contribution in [0.4, 0.5) is 10.1 Å². The van der Waals surface area contributed by atoms with Crippen molar-refractivity contribution in [1.29, 1.82) is 0 Å². The highest BCUT2D eigenvalue weighted by molar-refractivity contribution is 6.18. The predicted molar refractivity (Wildman–Crippen MR) is 130 cm³/mol. The molecule has 9 heteroatoms. The molecule has 180 valence electrons. The van der Waals surface area contributed by atoms with E-state index in [9.17, 15) is 14.0 Å². The molecule has 0 saturated heterocycles. The van der Waals surface area contributed by atoms with Crippen LogP contribution in [0.15, 0.2) is 48.5 Å². The molecule has 0 radical (unpaired) electrons. The number of alkyl halides is 2. The topological polar surface area (TPSA) is 84.7 Å². The standard InChI is InChI=1S/C24H30Cl2FN3O3/c1-2-33-24(32)22(16-18-3-7-19(27)8-4-18)29-23(31)21(28)15-17-5-9-20(10-6-17)30(13-11-25)14-12-26/h3-10,21-22H,2,11-16,28H2,1H3,(H,29,31)/i5D,6D. The largest absolute Gasteiger partial charge is 0.464 e. The van der Waals surface area contributed by atoms with Crippen LogP contribution in [-0.2, 0) is 27.2 Å². The van der Waals surface area contributed by atoms with Crippen molar-refractivity contribution in [3.05, 3.63) is 65.4 Å². The van der Waals surface area contributed by atoms with Gasteiger partial charge in [-0.25, -0.2) is 9.18 Å². The first kappa shape index (κ1) is 23.8. The van der Waals surface area contributed by atoms with Gasteiger partial charge < -0.3 is 20.7 Å². The fourth-order valence-electron chi connectivity index (χ4n) is 3.16. The number of halogens is 3. The van der Waals surface area contributed by atoms with Gasteiger partial charge in [-0.15, -0.1) is 23.2 Å². The number of rotatable bonds is 13. The molecule has 2 aromatic rings. The van der Waals surface area contributed by atoms with Gasteiger partial charge in [-0.05, 0) is 48.7 Å². The zero-order chi connectivity index (χ0) is 26.0. The zero-order valence-corrected chi connectivity index (χ0v) is 20.0. The molecule has 1 amide bonds. The average Bonchev–Trinajstić information content (AvgIpc) is 2.82. The lowest BCUT2D eigenvalue weighted by Crippen LogP contribution is -2.50. The van der Waals surface area contributed by atoms with Crippen molar-refractivity contribution >= 4 is 40.8 Å². The maximum absolute atomic E-state index is 13.2. The molecule has 0 fully saturated rings. The van der Waals surface area contributed by atoms with E-state index in [0.717, 1.165) is 0 Å². The van der Waals surface area contributed by atoms with Crippen LogP contribution in [-0.4, -0.2) is 55.4 Å². The molecule has 2 unspecified atom stereocenters. The molecule has 0 aromatic heterocycles. The Bertz CT molecular complexity index is 969. The van der Waals surface area contributed by atoms with Crippen LogP contribution in [0.3, 0.4) is 0 Å². The third-order valence-corrected chi connectivity index (χ3v) is 5.20. The SMILES string of the molecule is [2H]c1cc(N(CCCl)CCCl)cc([2H])c1CC(N)C(=O)NC(Cc1ccc(F)cc1)C(=O)OCC. The van der Waals surface area contributed by atoms with Crippen LogP contribution in [0.25, 0.3) is 0 Å². The van der Waals surface area contributed by atoms with Gasteiger partial charge in [0.25, 0.3) is 0 Å². The second kappa shape index (κ2) is 14.0. The van der Waals surface area contributed by atoms with Gasteiger partial charge in [0.2, 0.25) is 5.91 Å². The van der Waals surface area contributed by atoms with Crippen LogP contribution in [0.5, 0.6) is 0 Å². The van der Waals surface area contributed by atoms with E-state index in [-0.39, 0.29) is 31.5 Å². The van der Waals surface area contributed by atoms with Gasteiger partial charge in [-0.3, -0.25) is 4.79 Å². The van der Waals surface area contributed by atoms with Crippen molar-refractivity contribution in [2.24, 2.45) is 5.73 Å². The molecule has 0 aliphatic carbocycles. The van der Waals surface area contributed by atoms with E-state index < -0.39 is 29.8 Å². The summed E-state index contributed by atoms with van der Waals surface area (Å²) in [6, 6.07) is 6.75. The van der Waals surface area contributed by atoms with Crippen molar-refractivity contribution in [3.8, 4) is 0 Å². The fraction of sp³-hybridized carbons (Fsp3) is 0.417. The van der Waals surface area contributed by atoms with Crippen LogP contribution in [0, 0.1) is 5.82 Å². The molecule has 0 saturated carbocycles. The minimum absolute atomic E-state index is 0.0677. The van der Waals surface area contributed by atoms with Gasteiger partial charge in [0, 0.05) is 37.0 Å². The molecular formula is C24H30Cl2FN3O3. The first-order chi connectivity index (χ1) is 16.7. The number of hydrogen-bond acceptors (Lipinski definition) is 5. The van der Waals surface area contributed by atoms with Crippen LogP contribution >= 0.6 is 23.2 Å². The van der Waals surface area contributed by atoms with E-state index in [4.69, 9.17) is 36.4 Å². The summed E-state index contributed by atoms with van der Waals surface area (Å²) in [6.07, 6.45) is 0.0253. The molecule has 3 N–H and O–H groups in total. The minimum atomic E-state index is -1.11. The number of nitrogens with one attached hydrogen (secondary N) is 1. The normalized spacial score (nSPS) is 13.5. The second-order valence-corrected chi connectivity index (χ2v) is 8.06. The van der Waals surface area contributed by atoms with E-state index in [1.54, 1.807) is 19.1 Å². The molecule has 0 aliphatic heterocycles. The maximum atomic E-state index is 13.2. The van der Waals surface area contributed by atoms with Crippen molar-refractivity contribution in [2.45, 2.75) is 31.8 Å². The van der Waals surface area contributed by atoms with Crippen LogP contribution < -0.4 is 16.0 Å².